The second kappa shape index (κ2) is 8.58. The maximum atomic E-state index is 12.7. The molecule has 0 spiro atoms. The molecule has 0 heterocycles. The van der Waals surface area contributed by atoms with E-state index in [0.29, 0.717) is 22.4 Å². The van der Waals surface area contributed by atoms with Crippen molar-refractivity contribution >= 4 is 29.1 Å². The number of hydrogen-bond acceptors (Lipinski definition) is 5. The summed E-state index contributed by atoms with van der Waals surface area (Å²) in [6.45, 7) is 1.70. The van der Waals surface area contributed by atoms with Crippen LogP contribution in [0.4, 0.5) is 0 Å². The molecule has 0 saturated heterocycles. The number of methoxy groups -OCH3 is 1. The smallest absolute Gasteiger partial charge is 0.312 e. The van der Waals surface area contributed by atoms with Gasteiger partial charge in [-0.05, 0) is 37.3 Å². The number of ether oxygens (including phenoxy) is 2. The van der Waals surface area contributed by atoms with E-state index >= 15 is 0 Å². The van der Waals surface area contributed by atoms with E-state index in [0.717, 1.165) is 0 Å². The summed E-state index contributed by atoms with van der Waals surface area (Å²) in [7, 11) is 4.85. The monoisotopic (exact) mass is 371 g/mol. The Hall–Kier alpha value is -2.73. The largest absolute Gasteiger partial charge is 0.469 e. The molecule has 0 aromatic heterocycles. The Bertz CT molecular complexity index is 818. The molecule has 0 aliphatic rings. The van der Waals surface area contributed by atoms with Crippen LogP contribution in [0, 0.1) is 0 Å². The third kappa shape index (κ3) is 4.46. The van der Waals surface area contributed by atoms with Gasteiger partial charge in [-0.25, -0.2) is 0 Å². The summed E-state index contributed by atoms with van der Waals surface area (Å²) in [5.74, 6) is -0.740. The molecule has 2 rings (SSSR count). The van der Waals surface area contributed by atoms with E-state index in [2.05, 4.69) is 0 Å². The first-order chi connectivity index (χ1) is 12.3. The standard InChI is InChI=1S/C20H21NO4S/c1-13(19(23)24-4)16-12-15(18(22)14-8-6-5-7-9-14)10-11-17(16)25-20(26)21(2)3/h5-13H,1-4H3. The third-order valence-electron chi connectivity index (χ3n) is 3.89. The van der Waals surface area contributed by atoms with Crippen LogP contribution in [0.1, 0.15) is 34.3 Å². The van der Waals surface area contributed by atoms with Gasteiger partial charge in [-0.2, -0.15) is 0 Å². The van der Waals surface area contributed by atoms with Crippen molar-refractivity contribution in [2.75, 3.05) is 21.2 Å². The van der Waals surface area contributed by atoms with Crippen molar-refractivity contribution < 1.29 is 19.1 Å². The normalized spacial score (nSPS) is 11.4. The van der Waals surface area contributed by atoms with Gasteiger partial charge in [0.05, 0.1) is 13.0 Å². The highest BCUT2D eigenvalue weighted by atomic mass is 32.1. The average Bonchev–Trinajstić information content (AvgIpc) is 2.67. The van der Waals surface area contributed by atoms with E-state index in [1.54, 1.807) is 68.4 Å². The lowest BCUT2D eigenvalue weighted by Crippen LogP contribution is -2.26. The molecule has 5 nitrogen and oxygen atoms in total. The zero-order valence-corrected chi connectivity index (χ0v) is 16.0. The molecular weight excluding hydrogens is 350 g/mol. The van der Waals surface area contributed by atoms with Crippen LogP contribution in [-0.2, 0) is 9.53 Å². The average molecular weight is 371 g/mol. The predicted octanol–water partition coefficient (Wildman–Crippen LogP) is 3.42. The summed E-state index contributed by atoms with van der Waals surface area (Å²) < 4.78 is 10.5. The van der Waals surface area contributed by atoms with Crippen molar-refractivity contribution in [1.29, 1.82) is 0 Å². The number of ketones is 1. The molecule has 0 N–H and O–H groups in total. The molecule has 1 unspecified atom stereocenters. The van der Waals surface area contributed by atoms with Gasteiger partial charge in [-0.15, -0.1) is 0 Å². The van der Waals surface area contributed by atoms with Crippen molar-refractivity contribution in [1.82, 2.24) is 4.90 Å². The van der Waals surface area contributed by atoms with Crippen molar-refractivity contribution in [2.45, 2.75) is 12.8 Å². The van der Waals surface area contributed by atoms with Crippen molar-refractivity contribution in [3.05, 3.63) is 65.2 Å². The maximum Gasteiger partial charge on any atom is 0.312 e. The number of nitrogens with zero attached hydrogens (tertiary/aromatic N) is 1. The fourth-order valence-electron chi connectivity index (χ4n) is 2.37. The molecule has 2 aromatic carbocycles. The topological polar surface area (TPSA) is 55.8 Å². The van der Waals surface area contributed by atoms with E-state index < -0.39 is 11.9 Å². The summed E-state index contributed by atoms with van der Waals surface area (Å²) in [5, 5.41) is 0.255. The zero-order chi connectivity index (χ0) is 19.3. The highest BCUT2D eigenvalue weighted by Gasteiger charge is 2.23. The van der Waals surface area contributed by atoms with E-state index in [4.69, 9.17) is 21.7 Å². The second-order valence-corrected chi connectivity index (χ2v) is 6.30. The van der Waals surface area contributed by atoms with Gasteiger partial charge < -0.3 is 14.4 Å². The third-order valence-corrected chi connectivity index (χ3v) is 4.34. The Labute approximate surface area is 158 Å². The van der Waals surface area contributed by atoms with Crippen LogP contribution in [0.2, 0.25) is 0 Å². The molecule has 0 bridgehead atoms. The first kappa shape index (κ1) is 19.6. The number of hydrogen-bond donors (Lipinski definition) is 0. The van der Waals surface area contributed by atoms with E-state index in [1.165, 1.54) is 7.11 Å². The molecule has 0 aliphatic carbocycles. The summed E-state index contributed by atoms with van der Waals surface area (Å²) >= 11 is 5.18. The lowest BCUT2D eigenvalue weighted by Gasteiger charge is -2.19. The van der Waals surface area contributed by atoms with Gasteiger partial charge in [0.1, 0.15) is 5.75 Å². The van der Waals surface area contributed by atoms with Gasteiger partial charge in [0.15, 0.2) is 5.78 Å². The molecule has 0 radical (unpaired) electrons. The van der Waals surface area contributed by atoms with E-state index in [9.17, 15) is 9.59 Å². The summed E-state index contributed by atoms with van der Waals surface area (Å²) in [6.07, 6.45) is 0. The van der Waals surface area contributed by atoms with Crippen LogP contribution in [0.3, 0.4) is 0 Å². The number of esters is 1. The number of carbonyl (C=O) groups is 2. The molecule has 136 valence electrons. The van der Waals surface area contributed by atoms with Crippen LogP contribution in [0.15, 0.2) is 48.5 Å². The molecule has 1 atom stereocenters. The van der Waals surface area contributed by atoms with Crippen molar-refractivity contribution in [2.24, 2.45) is 0 Å². The number of carbonyl (C=O) groups excluding carboxylic acids is 2. The van der Waals surface area contributed by atoms with E-state index in [-0.39, 0.29) is 11.0 Å². The minimum Gasteiger partial charge on any atom is -0.469 e. The summed E-state index contributed by atoms with van der Waals surface area (Å²) in [4.78, 5) is 26.4. The van der Waals surface area contributed by atoms with Gasteiger partial charge in [-0.3, -0.25) is 9.59 Å². The van der Waals surface area contributed by atoms with Gasteiger partial charge in [0.25, 0.3) is 5.17 Å². The first-order valence-corrected chi connectivity index (χ1v) is 8.46. The van der Waals surface area contributed by atoms with Gasteiger partial charge in [-0.1, -0.05) is 30.3 Å². The van der Waals surface area contributed by atoms with Gasteiger partial charge >= 0.3 is 5.97 Å². The predicted molar refractivity (Wildman–Crippen MR) is 104 cm³/mol. The van der Waals surface area contributed by atoms with Gasteiger partial charge in [0, 0.05) is 30.8 Å². The second-order valence-electron chi connectivity index (χ2n) is 5.95. The molecule has 0 aliphatic heterocycles. The van der Waals surface area contributed by atoms with Crippen molar-refractivity contribution in [3.8, 4) is 5.75 Å². The number of thiocarbonyl (C=S) groups is 1. The fourth-order valence-corrected chi connectivity index (χ4v) is 2.46. The van der Waals surface area contributed by atoms with Crippen molar-refractivity contribution in [3.63, 3.8) is 0 Å². The Kier molecular flexibility index (Phi) is 6.46. The van der Waals surface area contributed by atoms with E-state index in [1.807, 2.05) is 6.07 Å². The molecule has 0 saturated carbocycles. The first-order valence-electron chi connectivity index (χ1n) is 8.05. The van der Waals surface area contributed by atoms with Crippen LogP contribution >= 0.6 is 12.2 Å². The highest BCUT2D eigenvalue weighted by molar-refractivity contribution is 7.80. The number of rotatable bonds is 5. The molecule has 0 fully saturated rings. The highest BCUT2D eigenvalue weighted by Crippen LogP contribution is 2.30. The molecule has 26 heavy (non-hydrogen) atoms. The maximum absolute atomic E-state index is 12.7. The van der Waals surface area contributed by atoms with Crippen LogP contribution < -0.4 is 4.74 Å². The number of benzene rings is 2. The Morgan fingerprint density at radius 2 is 1.69 bits per heavy atom. The zero-order valence-electron chi connectivity index (χ0n) is 15.2. The molecule has 0 amide bonds. The summed E-state index contributed by atoms with van der Waals surface area (Å²) in [6, 6.07) is 13.9. The molecule has 2 aromatic rings. The van der Waals surface area contributed by atoms with Crippen LogP contribution in [0.25, 0.3) is 0 Å². The van der Waals surface area contributed by atoms with Crippen LogP contribution in [0.5, 0.6) is 5.75 Å². The Morgan fingerprint density at radius 1 is 1.04 bits per heavy atom. The quantitative estimate of drug-likeness (QED) is 0.456. The van der Waals surface area contributed by atoms with Gasteiger partial charge in [0.2, 0.25) is 0 Å². The minimum atomic E-state index is -0.608. The SMILES string of the molecule is COC(=O)C(C)c1cc(C(=O)c2ccccc2)ccc1OC(=S)N(C)C. The molecule has 6 heteroatoms. The Balaban J connectivity index is 2.46. The minimum absolute atomic E-state index is 0.134. The fraction of sp³-hybridized carbons (Fsp3) is 0.250. The lowest BCUT2D eigenvalue weighted by molar-refractivity contribution is -0.142. The molecular formula is C20H21NO4S. The summed E-state index contributed by atoms with van der Waals surface area (Å²) in [5.41, 5.74) is 1.58. The van der Waals surface area contributed by atoms with Crippen LogP contribution in [-0.4, -0.2) is 43.0 Å². The Morgan fingerprint density at radius 3 is 2.27 bits per heavy atom. The lowest BCUT2D eigenvalue weighted by atomic mass is 9.94.